The maximum atomic E-state index is 14.1. The molecule has 5 heteroatoms. The number of hydrogen-bond donors (Lipinski definition) is 1. The Morgan fingerprint density at radius 1 is 1.00 bits per heavy atom. The van der Waals surface area contributed by atoms with Gasteiger partial charge in [-0.05, 0) is 36.4 Å². The van der Waals surface area contributed by atoms with E-state index in [9.17, 15) is 8.78 Å². The molecule has 0 atom stereocenters. The van der Waals surface area contributed by atoms with Crippen LogP contribution < -0.4 is 14.8 Å². The molecule has 2 aromatic carbocycles. The van der Waals surface area contributed by atoms with Gasteiger partial charge in [0.25, 0.3) is 0 Å². The van der Waals surface area contributed by atoms with Crippen LogP contribution in [0.3, 0.4) is 0 Å². The summed E-state index contributed by atoms with van der Waals surface area (Å²) in [5.74, 6) is -0.737. The molecule has 0 aliphatic heterocycles. The minimum absolute atomic E-state index is 0.196. The van der Waals surface area contributed by atoms with Crippen molar-refractivity contribution in [1.29, 1.82) is 0 Å². The summed E-state index contributed by atoms with van der Waals surface area (Å²) in [5.41, 5.74) is 1.56. The Labute approximate surface area is 122 Å². The van der Waals surface area contributed by atoms with Crippen molar-refractivity contribution in [2.45, 2.75) is 6.54 Å². The molecule has 2 aromatic rings. The third kappa shape index (κ3) is 2.97. The van der Waals surface area contributed by atoms with Gasteiger partial charge in [-0.1, -0.05) is 12.1 Å². The number of nitrogens with one attached hydrogen (secondary N) is 1. The molecule has 0 bridgehead atoms. The Morgan fingerprint density at radius 3 is 2.29 bits per heavy atom. The van der Waals surface area contributed by atoms with E-state index in [4.69, 9.17) is 9.47 Å². The summed E-state index contributed by atoms with van der Waals surface area (Å²) < 4.78 is 38.0. The molecule has 0 saturated heterocycles. The molecule has 3 nitrogen and oxygen atoms in total. The largest absolute Gasteiger partial charge is 0.493 e. The number of rotatable bonds is 5. The lowest BCUT2D eigenvalue weighted by molar-refractivity contribution is 0.354. The van der Waals surface area contributed by atoms with Crippen LogP contribution in [-0.2, 0) is 6.54 Å². The molecule has 0 fully saturated rings. The van der Waals surface area contributed by atoms with E-state index in [1.54, 1.807) is 25.2 Å². The molecule has 0 spiro atoms. The summed E-state index contributed by atoms with van der Waals surface area (Å²) in [4.78, 5) is 0. The molecule has 0 heterocycles. The molecule has 0 unspecified atom stereocenters. The maximum absolute atomic E-state index is 14.1. The summed E-state index contributed by atoms with van der Waals surface area (Å²) in [5, 5.41) is 3.00. The average molecular weight is 293 g/mol. The highest BCUT2D eigenvalue weighted by Gasteiger charge is 2.16. The van der Waals surface area contributed by atoms with Crippen molar-refractivity contribution in [3.05, 3.63) is 47.5 Å². The van der Waals surface area contributed by atoms with E-state index in [1.165, 1.54) is 20.3 Å². The number of hydrogen-bond acceptors (Lipinski definition) is 3. The van der Waals surface area contributed by atoms with Crippen molar-refractivity contribution in [1.82, 2.24) is 5.32 Å². The SMILES string of the molecule is CNCc1cc(OC)c(OC)cc1-c1cccc(F)c1F. The lowest BCUT2D eigenvalue weighted by Crippen LogP contribution is -2.08. The molecule has 0 radical (unpaired) electrons. The fourth-order valence-electron chi connectivity index (χ4n) is 2.22. The zero-order valence-electron chi connectivity index (χ0n) is 12.2. The molecule has 1 N–H and O–H groups in total. The van der Waals surface area contributed by atoms with E-state index in [0.717, 1.165) is 11.6 Å². The molecule has 21 heavy (non-hydrogen) atoms. The van der Waals surface area contributed by atoms with Gasteiger partial charge in [-0.25, -0.2) is 8.78 Å². The Balaban J connectivity index is 2.68. The van der Waals surface area contributed by atoms with Crippen LogP contribution in [0.2, 0.25) is 0 Å². The first kappa shape index (κ1) is 15.3. The van der Waals surface area contributed by atoms with Gasteiger partial charge in [-0.3, -0.25) is 0 Å². The van der Waals surface area contributed by atoms with Crippen LogP contribution >= 0.6 is 0 Å². The van der Waals surface area contributed by atoms with Crippen molar-refractivity contribution in [3.63, 3.8) is 0 Å². The highest BCUT2D eigenvalue weighted by molar-refractivity contribution is 5.72. The summed E-state index contributed by atoms with van der Waals surface area (Å²) in [6.07, 6.45) is 0. The van der Waals surface area contributed by atoms with Crippen LogP contribution in [0.4, 0.5) is 8.78 Å². The molecule has 112 valence electrons. The third-order valence-corrected chi connectivity index (χ3v) is 3.22. The second-order valence-corrected chi connectivity index (χ2v) is 4.50. The lowest BCUT2D eigenvalue weighted by atomic mass is 9.98. The highest BCUT2D eigenvalue weighted by atomic mass is 19.2. The quantitative estimate of drug-likeness (QED) is 0.917. The van der Waals surface area contributed by atoms with Gasteiger partial charge >= 0.3 is 0 Å². The molecule has 0 aromatic heterocycles. The van der Waals surface area contributed by atoms with Gasteiger partial charge in [-0.15, -0.1) is 0 Å². The molecule has 0 saturated carbocycles. The van der Waals surface area contributed by atoms with Gasteiger partial charge < -0.3 is 14.8 Å². The fourth-order valence-corrected chi connectivity index (χ4v) is 2.22. The van der Waals surface area contributed by atoms with Crippen molar-refractivity contribution in [2.24, 2.45) is 0 Å². The normalized spacial score (nSPS) is 10.5. The number of methoxy groups -OCH3 is 2. The van der Waals surface area contributed by atoms with E-state index >= 15 is 0 Å². The predicted octanol–water partition coefficient (Wildman–Crippen LogP) is 3.37. The maximum Gasteiger partial charge on any atom is 0.166 e. The summed E-state index contributed by atoms with van der Waals surface area (Å²) in [6, 6.07) is 7.53. The van der Waals surface area contributed by atoms with E-state index in [2.05, 4.69) is 5.32 Å². The monoisotopic (exact) mass is 293 g/mol. The minimum Gasteiger partial charge on any atom is -0.493 e. The van der Waals surface area contributed by atoms with Crippen LogP contribution in [0.1, 0.15) is 5.56 Å². The standard InChI is InChI=1S/C16H17F2NO2/c1-19-9-10-7-14(20-2)15(21-3)8-12(10)11-5-4-6-13(17)16(11)18/h4-8,19H,9H2,1-3H3. The minimum atomic E-state index is -0.877. The molecular weight excluding hydrogens is 276 g/mol. The predicted molar refractivity (Wildman–Crippen MR) is 77.7 cm³/mol. The van der Waals surface area contributed by atoms with Crippen molar-refractivity contribution in [3.8, 4) is 22.6 Å². The van der Waals surface area contributed by atoms with Gasteiger partial charge in [0, 0.05) is 12.1 Å². The zero-order chi connectivity index (χ0) is 15.4. The van der Waals surface area contributed by atoms with Gasteiger partial charge in [0.1, 0.15) is 0 Å². The van der Waals surface area contributed by atoms with Crippen LogP contribution in [0, 0.1) is 11.6 Å². The molecule has 0 aliphatic carbocycles. The zero-order valence-corrected chi connectivity index (χ0v) is 12.2. The molecule has 0 aliphatic rings. The number of benzene rings is 2. The van der Waals surface area contributed by atoms with Gasteiger partial charge in [-0.2, -0.15) is 0 Å². The second-order valence-electron chi connectivity index (χ2n) is 4.50. The average Bonchev–Trinajstić information content (AvgIpc) is 2.50. The van der Waals surface area contributed by atoms with E-state index in [0.29, 0.717) is 23.6 Å². The van der Waals surface area contributed by atoms with Crippen molar-refractivity contribution < 1.29 is 18.3 Å². The number of halogens is 2. The number of ether oxygens (including phenoxy) is 2. The summed E-state index contributed by atoms with van der Waals surface area (Å²) >= 11 is 0. The Bertz CT molecular complexity index is 644. The van der Waals surface area contributed by atoms with Crippen LogP contribution in [0.15, 0.2) is 30.3 Å². The first-order valence-corrected chi connectivity index (χ1v) is 6.46. The van der Waals surface area contributed by atoms with Crippen LogP contribution in [0.25, 0.3) is 11.1 Å². The van der Waals surface area contributed by atoms with Gasteiger partial charge in [0.15, 0.2) is 23.1 Å². The van der Waals surface area contributed by atoms with E-state index in [1.807, 2.05) is 0 Å². The van der Waals surface area contributed by atoms with Crippen LogP contribution in [-0.4, -0.2) is 21.3 Å². The molecule has 0 amide bonds. The Kier molecular flexibility index (Phi) is 4.75. The van der Waals surface area contributed by atoms with Crippen molar-refractivity contribution >= 4 is 0 Å². The summed E-state index contributed by atoms with van der Waals surface area (Å²) in [6.45, 7) is 0.492. The fraction of sp³-hybridized carbons (Fsp3) is 0.250. The Hall–Kier alpha value is -2.14. The molecule has 2 rings (SSSR count). The first-order valence-electron chi connectivity index (χ1n) is 6.46. The third-order valence-electron chi connectivity index (χ3n) is 3.22. The van der Waals surface area contributed by atoms with E-state index < -0.39 is 11.6 Å². The van der Waals surface area contributed by atoms with Crippen LogP contribution in [0.5, 0.6) is 11.5 Å². The van der Waals surface area contributed by atoms with Gasteiger partial charge in [0.05, 0.1) is 14.2 Å². The summed E-state index contributed by atoms with van der Waals surface area (Å²) in [7, 11) is 4.81. The Morgan fingerprint density at radius 2 is 1.67 bits per heavy atom. The highest BCUT2D eigenvalue weighted by Crippen LogP contribution is 2.37. The second kappa shape index (κ2) is 6.54. The van der Waals surface area contributed by atoms with Crippen molar-refractivity contribution in [2.75, 3.05) is 21.3 Å². The van der Waals surface area contributed by atoms with Gasteiger partial charge in [0.2, 0.25) is 0 Å². The topological polar surface area (TPSA) is 30.5 Å². The van der Waals surface area contributed by atoms with E-state index in [-0.39, 0.29) is 5.56 Å². The lowest BCUT2D eigenvalue weighted by Gasteiger charge is -2.15. The smallest absolute Gasteiger partial charge is 0.166 e. The molecular formula is C16H17F2NO2. The first-order chi connectivity index (χ1) is 10.1.